The summed E-state index contributed by atoms with van der Waals surface area (Å²) in [7, 11) is 1.54. The standard InChI is InChI=1S/C12H17F3N4O2/c1-16-9(20)7-19-5-3-2-4-8(19)11-18-17-10(21-11)6-12(13,14)15/h8H,2-7H2,1H3,(H,16,20)/t8-/m0/s1. The van der Waals surface area contributed by atoms with Gasteiger partial charge in [-0.05, 0) is 19.4 Å². The second kappa shape index (κ2) is 6.42. The molecule has 0 aliphatic carbocycles. The molecule has 1 aliphatic heterocycles. The van der Waals surface area contributed by atoms with E-state index in [-0.39, 0.29) is 24.4 Å². The fraction of sp³-hybridized carbons (Fsp3) is 0.750. The highest BCUT2D eigenvalue weighted by Crippen LogP contribution is 2.30. The fourth-order valence-electron chi connectivity index (χ4n) is 2.37. The van der Waals surface area contributed by atoms with Crippen LogP contribution in [0.2, 0.25) is 0 Å². The van der Waals surface area contributed by atoms with E-state index in [0.29, 0.717) is 13.0 Å². The van der Waals surface area contributed by atoms with E-state index in [0.717, 1.165) is 12.8 Å². The molecule has 0 radical (unpaired) electrons. The van der Waals surface area contributed by atoms with Gasteiger partial charge >= 0.3 is 6.18 Å². The number of amides is 1. The summed E-state index contributed by atoms with van der Waals surface area (Å²) in [5, 5.41) is 9.69. The number of likely N-dealkylation sites (tertiary alicyclic amines) is 1. The zero-order chi connectivity index (χ0) is 15.5. The van der Waals surface area contributed by atoms with Gasteiger partial charge in [0.2, 0.25) is 17.7 Å². The smallest absolute Gasteiger partial charge is 0.397 e. The van der Waals surface area contributed by atoms with Gasteiger partial charge in [-0.3, -0.25) is 9.69 Å². The molecule has 0 bridgehead atoms. The second-order valence-electron chi connectivity index (χ2n) is 4.98. The first kappa shape index (κ1) is 15.7. The van der Waals surface area contributed by atoms with Crippen LogP contribution in [-0.4, -0.2) is 47.3 Å². The number of piperidine rings is 1. The number of aromatic nitrogens is 2. The van der Waals surface area contributed by atoms with Gasteiger partial charge in [0.05, 0.1) is 12.6 Å². The monoisotopic (exact) mass is 306 g/mol. The summed E-state index contributed by atoms with van der Waals surface area (Å²) in [6.07, 6.45) is -3.09. The molecule has 2 heterocycles. The number of nitrogens with zero attached hydrogens (tertiary/aromatic N) is 3. The molecule has 1 aromatic heterocycles. The van der Waals surface area contributed by atoms with Crippen molar-refractivity contribution >= 4 is 5.91 Å². The Hall–Kier alpha value is -1.64. The molecule has 2 rings (SSSR count). The van der Waals surface area contributed by atoms with Crippen molar-refractivity contribution in [3.8, 4) is 0 Å². The third-order valence-corrected chi connectivity index (χ3v) is 3.36. The Balaban J connectivity index is 2.08. The van der Waals surface area contributed by atoms with Gasteiger partial charge in [0.25, 0.3) is 0 Å². The molecule has 9 heteroatoms. The first-order valence-electron chi connectivity index (χ1n) is 6.72. The minimum atomic E-state index is -4.38. The van der Waals surface area contributed by atoms with Crippen LogP contribution in [0.3, 0.4) is 0 Å². The van der Waals surface area contributed by atoms with Crippen LogP contribution in [0.1, 0.15) is 37.1 Å². The molecule has 0 saturated carbocycles. The van der Waals surface area contributed by atoms with Crippen LogP contribution in [0.5, 0.6) is 0 Å². The highest BCUT2D eigenvalue weighted by molar-refractivity contribution is 5.77. The molecular formula is C12H17F3N4O2. The third kappa shape index (κ3) is 4.42. The van der Waals surface area contributed by atoms with E-state index < -0.39 is 18.5 Å². The van der Waals surface area contributed by atoms with Gasteiger partial charge in [-0.25, -0.2) is 0 Å². The number of hydrogen-bond donors (Lipinski definition) is 1. The molecule has 0 unspecified atom stereocenters. The summed E-state index contributed by atoms with van der Waals surface area (Å²) in [4.78, 5) is 13.3. The van der Waals surface area contributed by atoms with Crippen molar-refractivity contribution in [2.45, 2.75) is 37.9 Å². The molecule has 6 nitrogen and oxygen atoms in total. The zero-order valence-corrected chi connectivity index (χ0v) is 11.6. The van der Waals surface area contributed by atoms with Crippen LogP contribution in [0.15, 0.2) is 4.42 Å². The zero-order valence-electron chi connectivity index (χ0n) is 11.6. The minimum absolute atomic E-state index is 0.151. The van der Waals surface area contributed by atoms with Crippen LogP contribution in [0, 0.1) is 0 Å². The maximum absolute atomic E-state index is 12.3. The minimum Gasteiger partial charge on any atom is -0.423 e. The average Bonchev–Trinajstić information content (AvgIpc) is 2.85. The number of alkyl halides is 3. The van der Waals surface area contributed by atoms with E-state index in [9.17, 15) is 18.0 Å². The van der Waals surface area contributed by atoms with E-state index in [2.05, 4.69) is 15.5 Å². The normalized spacial score (nSPS) is 20.5. The second-order valence-corrected chi connectivity index (χ2v) is 4.98. The van der Waals surface area contributed by atoms with Crippen molar-refractivity contribution in [1.82, 2.24) is 20.4 Å². The molecule has 1 fully saturated rings. The molecule has 1 saturated heterocycles. The first-order chi connectivity index (χ1) is 9.89. The summed E-state index contributed by atoms with van der Waals surface area (Å²) in [6, 6.07) is -0.300. The lowest BCUT2D eigenvalue weighted by Gasteiger charge is -2.32. The lowest BCUT2D eigenvalue weighted by molar-refractivity contribution is -0.131. The highest BCUT2D eigenvalue weighted by Gasteiger charge is 2.33. The van der Waals surface area contributed by atoms with Gasteiger partial charge in [-0.2, -0.15) is 13.2 Å². The van der Waals surface area contributed by atoms with Crippen LogP contribution < -0.4 is 5.32 Å². The maximum atomic E-state index is 12.3. The number of carbonyl (C=O) groups excluding carboxylic acids is 1. The van der Waals surface area contributed by atoms with Gasteiger partial charge in [-0.15, -0.1) is 10.2 Å². The van der Waals surface area contributed by atoms with E-state index in [1.165, 1.54) is 7.05 Å². The average molecular weight is 306 g/mol. The van der Waals surface area contributed by atoms with E-state index in [4.69, 9.17) is 4.42 Å². The van der Waals surface area contributed by atoms with Crippen molar-refractivity contribution in [2.24, 2.45) is 0 Å². The molecule has 1 N–H and O–H groups in total. The van der Waals surface area contributed by atoms with Crippen molar-refractivity contribution in [3.63, 3.8) is 0 Å². The fourth-order valence-corrected chi connectivity index (χ4v) is 2.37. The highest BCUT2D eigenvalue weighted by atomic mass is 19.4. The Bertz CT molecular complexity index is 489. The Labute approximate surface area is 119 Å². The van der Waals surface area contributed by atoms with Gasteiger partial charge < -0.3 is 9.73 Å². The maximum Gasteiger partial charge on any atom is 0.397 e. The third-order valence-electron chi connectivity index (χ3n) is 3.36. The summed E-state index contributed by atoms with van der Waals surface area (Å²) in [5.41, 5.74) is 0. The number of hydrogen-bond acceptors (Lipinski definition) is 5. The van der Waals surface area contributed by atoms with Crippen LogP contribution >= 0.6 is 0 Å². The summed E-state index contributed by atoms with van der Waals surface area (Å²) < 4.78 is 42.0. The quantitative estimate of drug-likeness (QED) is 0.911. The molecule has 1 aromatic rings. The van der Waals surface area contributed by atoms with Crippen molar-refractivity contribution in [1.29, 1.82) is 0 Å². The predicted molar refractivity (Wildman–Crippen MR) is 66.3 cm³/mol. The van der Waals surface area contributed by atoms with Gasteiger partial charge in [0.15, 0.2) is 0 Å². The number of nitrogens with one attached hydrogen (secondary N) is 1. The van der Waals surface area contributed by atoms with Gasteiger partial charge in [0, 0.05) is 7.05 Å². The summed E-state index contributed by atoms with van der Waals surface area (Å²) in [5.74, 6) is -0.447. The lowest BCUT2D eigenvalue weighted by atomic mass is 10.0. The molecule has 118 valence electrons. The van der Waals surface area contributed by atoms with Gasteiger partial charge in [-0.1, -0.05) is 6.42 Å². The molecule has 21 heavy (non-hydrogen) atoms. The largest absolute Gasteiger partial charge is 0.423 e. The molecular weight excluding hydrogens is 289 g/mol. The van der Waals surface area contributed by atoms with Crippen LogP contribution in [0.25, 0.3) is 0 Å². The predicted octanol–water partition coefficient (Wildman–Crippen LogP) is 1.45. The molecule has 0 aromatic carbocycles. The Morgan fingerprint density at radius 3 is 2.86 bits per heavy atom. The number of carbonyl (C=O) groups is 1. The molecule has 1 aliphatic rings. The first-order valence-corrected chi connectivity index (χ1v) is 6.72. The SMILES string of the molecule is CNC(=O)CN1CCCC[C@H]1c1nnc(CC(F)(F)F)o1. The summed E-state index contributed by atoms with van der Waals surface area (Å²) >= 11 is 0. The van der Waals surface area contributed by atoms with Gasteiger partial charge in [0.1, 0.15) is 6.42 Å². The van der Waals surface area contributed by atoms with Crippen molar-refractivity contribution in [2.75, 3.05) is 20.1 Å². The molecule has 0 spiro atoms. The van der Waals surface area contributed by atoms with Crippen molar-refractivity contribution in [3.05, 3.63) is 11.8 Å². The molecule has 1 atom stereocenters. The topological polar surface area (TPSA) is 71.3 Å². The Morgan fingerprint density at radius 1 is 1.43 bits per heavy atom. The Morgan fingerprint density at radius 2 is 2.19 bits per heavy atom. The van der Waals surface area contributed by atoms with Crippen LogP contribution in [-0.2, 0) is 11.2 Å². The Kier molecular flexibility index (Phi) is 4.81. The number of rotatable bonds is 4. The molecule has 1 amide bonds. The van der Waals surface area contributed by atoms with Crippen molar-refractivity contribution < 1.29 is 22.4 Å². The summed E-state index contributed by atoms with van der Waals surface area (Å²) in [6.45, 7) is 0.840. The van der Waals surface area contributed by atoms with E-state index in [1.807, 2.05) is 4.90 Å². The van der Waals surface area contributed by atoms with E-state index in [1.54, 1.807) is 0 Å². The van der Waals surface area contributed by atoms with Crippen LogP contribution in [0.4, 0.5) is 13.2 Å². The number of likely N-dealkylation sites (N-methyl/N-ethyl adjacent to an activating group) is 1. The lowest BCUT2D eigenvalue weighted by Crippen LogP contribution is -2.40. The van der Waals surface area contributed by atoms with E-state index >= 15 is 0 Å². The number of halogens is 3.